The van der Waals surface area contributed by atoms with Crippen LogP contribution in [0.15, 0.2) is 40.3 Å². The largest absolute Gasteiger partial charge is 0.325 e. The number of carbonyl (C=O) groups is 1. The number of carbonyl (C=O) groups excluding carboxylic acids is 1. The number of nitrogens with one attached hydrogen (secondary N) is 2. The fraction of sp³-hybridized carbons (Fsp3) is 0.286. The van der Waals surface area contributed by atoms with Crippen molar-refractivity contribution in [3.63, 3.8) is 0 Å². The molecule has 6 heteroatoms. The molecule has 0 spiro atoms. The van der Waals surface area contributed by atoms with E-state index in [4.69, 9.17) is 0 Å². The molecule has 0 saturated heterocycles. The van der Waals surface area contributed by atoms with Gasteiger partial charge in [-0.05, 0) is 32.0 Å². The Bertz CT molecular complexity index is 584. The molecule has 0 radical (unpaired) electrons. The van der Waals surface area contributed by atoms with Crippen LogP contribution < -0.4 is 10.6 Å². The van der Waals surface area contributed by atoms with Gasteiger partial charge in [0.15, 0.2) is 0 Å². The molecule has 0 unspecified atom stereocenters. The Kier molecular flexibility index (Phi) is 4.91. The molecule has 106 valence electrons. The minimum absolute atomic E-state index is 0.0762. The van der Waals surface area contributed by atoms with E-state index in [1.807, 2.05) is 43.5 Å². The molecule has 0 fully saturated rings. The Balaban J connectivity index is 1.89. The van der Waals surface area contributed by atoms with Crippen LogP contribution in [-0.2, 0) is 10.3 Å². The molecule has 0 saturated carbocycles. The first-order chi connectivity index (χ1) is 9.47. The lowest BCUT2D eigenvalue weighted by Crippen LogP contribution is -2.41. The van der Waals surface area contributed by atoms with Crippen molar-refractivity contribution in [2.75, 3.05) is 11.9 Å². The van der Waals surface area contributed by atoms with E-state index < -0.39 is 0 Å². The van der Waals surface area contributed by atoms with Crippen LogP contribution in [0.3, 0.4) is 0 Å². The molecule has 0 aliphatic carbocycles. The molecule has 1 amide bonds. The van der Waals surface area contributed by atoms with Crippen LogP contribution >= 0.6 is 27.3 Å². The summed E-state index contributed by atoms with van der Waals surface area (Å²) in [5, 5.41) is 8.97. The van der Waals surface area contributed by atoms with Gasteiger partial charge in [0, 0.05) is 21.7 Å². The molecule has 1 heterocycles. The number of thiazole rings is 1. The van der Waals surface area contributed by atoms with Gasteiger partial charge < -0.3 is 5.32 Å². The number of amides is 1. The third-order valence-electron chi connectivity index (χ3n) is 2.77. The van der Waals surface area contributed by atoms with Gasteiger partial charge in [0.1, 0.15) is 5.01 Å². The monoisotopic (exact) mass is 353 g/mol. The molecule has 4 nitrogen and oxygen atoms in total. The van der Waals surface area contributed by atoms with Crippen molar-refractivity contribution < 1.29 is 4.79 Å². The second kappa shape index (κ2) is 6.47. The Morgan fingerprint density at radius 1 is 1.45 bits per heavy atom. The van der Waals surface area contributed by atoms with Gasteiger partial charge in [-0.3, -0.25) is 10.1 Å². The highest BCUT2D eigenvalue weighted by Crippen LogP contribution is 2.21. The topological polar surface area (TPSA) is 54.0 Å². The maximum absolute atomic E-state index is 11.9. The van der Waals surface area contributed by atoms with E-state index in [0.717, 1.165) is 15.2 Å². The zero-order valence-corrected chi connectivity index (χ0v) is 13.7. The minimum Gasteiger partial charge on any atom is -0.325 e. The first-order valence-corrected chi connectivity index (χ1v) is 7.85. The van der Waals surface area contributed by atoms with Gasteiger partial charge in [0.05, 0.1) is 12.1 Å². The summed E-state index contributed by atoms with van der Waals surface area (Å²) in [5.74, 6) is -0.0762. The van der Waals surface area contributed by atoms with E-state index in [1.54, 1.807) is 17.5 Å². The lowest BCUT2D eigenvalue weighted by atomic mass is 10.1. The van der Waals surface area contributed by atoms with Crippen molar-refractivity contribution in [1.82, 2.24) is 10.3 Å². The highest BCUT2D eigenvalue weighted by molar-refractivity contribution is 9.10. The number of hydrogen-bond donors (Lipinski definition) is 2. The molecule has 1 aromatic heterocycles. The van der Waals surface area contributed by atoms with Crippen molar-refractivity contribution >= 4 is 38.9 Å². The Morgan fingerprint density at radius 2 is 2.25 bits per heavy atom. The number of nitrogens with zero attached hydrogens (tertiary/aromatic N) is 1. The first-order valence-electron chi connectivity index (χ1n) is 6.18. The average molecular weight is 354 g/mol. The molecule has 0 aliphatic heterocycles. The van der Waals surface area contributed by atoms with Crippen molar-refractivity contribution in [2.24, 2.45) is 0 Å². The predicted molar refractivity (Wildman–Crippen MR) is 85.9 cm³/mol. The van der Waals surface area contributed by atoms with E-state index in [-0.39, 0.29) is 18.0 Å². The summed E-state index contributed by atoms with van der Waals surface area (Å²) < 4.78 is 0.936. The van der Waals surface area contributed by atoms with E-state index in [0.29, 0.717) is 0 Å². The van der Waals surface area contributed by atoms with Gasteiger partial charge in [-0.2, -0.15) is 0 Å². The third kappa shape index (κ3) is 4.13. The van der Waals surface area contributed by atoms with Crippen LogP contribution in [0.25, 0.3) is 0 Å². The lowest BCUT2D eigenvalue weighted by Gasteiger charge is -2.23. The lowest BCUT2D eigenvalue weighted by molar-refractivity contribution is -0.115. The third-order valence-corrected chi connectivity index (χ3v) is 4.36. The molecule has 20 heavy (non-hydrogen) atoms. The molecule has 0 bridgehead atoms. The fourth-order valence-corrected chi connectivity index (χ4v) is 2.82. The second-order valence-electron chi connectivity index (χ2n) is 4.87. The van der Waals surface area contributed by atoms with Gasteiger partial charge in [-0.25, -0.2) is 4.98 Å². The molecular weight excluding hydrogens is 338 g/mol. The zero-order chi connectivity index (χ0) is 14.6. The number of hydrogen-bond acceptors (Lipinski definition) is 4. The summed E-state index contributed by atoms with van der Waals surface area (Å²) in [5.41, 5.74) is 0.459. The maximum Gasteiger partial charge on any atom is 0.238 e. The van der Waals surface area contributed by atoms with Crippen molar-refractivity contribution in [1.29, 1.82) is 0 Å². The predicted octanol–water partition coefficient (Wildman–Crippen LogP) is 3.37. The molecular formula is C14H16BrN3OS. The van der Waals surface area contributed by atoms with E-state index in [1.165, 1.54) is 0 Å². The number of halogens is 1. The highest BCUT2D eigenvalue weighted by Gasteiger charge is 2.23. The molecule has 0 atom stereocenters. The molecule has 2 rings (SSSR count). The standard InChI is InChI=1S/C14H16BrN3OS/c1-14(2,13-16-6-7-20-13)17-9-12(19)18-11-5-3-4-10(15)8-11/h3-8,17H,9H2,1-2H3,(H,18,19). The van der Waals surface area contributed by atoms with Crippen LogP contribution in [0.1, 0.15) is 18.9 Å². The molecule has 2 aromatic rings. The molecule has 0 aliphatic rings. The average Bonchev–Trinajstić information content (AvgIpc) is 2.91. The summed E-state index contributed by atoms with van der Waals surface area (Å²) in [6.45, 7) is 4.26. The van der Waals surface area contributed by atoms with E-state index in [9.17, 15) is 4.79 Å². The molecule has 1 aromatic carbocycles. The highest BCUT2D eigenvalue weighted by atomic mass is 79.9. The van der Waals surface area contributed by atoms with Crippen LogP contribution in [0.2, 0.25) is 0 Å². The summed E-state index contributed by atoms with van der Waals surface area (Å²) in [4.78, 5) is 16.2. The van der Waals surface area contributed by atoms with Crippen LogP contribution in [0, 0.1) is 0 Å². The van der Waals surface area contributed by atoms with Crippen LogP contribution in [0.4, 0.5) is 5.69 Å². The Labute approximate surface area is 130 Å². The summed E-state index contributed by atoms with van der Waals surface area (Å²) in [6, 6.07) is 7.52. The minimum atomic E-state index is -0.317. The summed E-state index contributed by atoms with van der Waals surface area (Å²) >= 11 is 4.95. The smallest absolute Gasteiger partial charge is 0.238 e. The van der Waals surface area contributed by atoms with E-state index in [2.05, 4.69) is 31.5 Å². The SMILES string of the molecule is CC(C)(NCC(=O)Nc1cccc(Br)c1)c1nccs1. The number of anilines is 1. The van der Waals surface area contributed by atoms with Crippen LogP contribution in [-0.4, -0.2) is 17.4 Å². The second-order valence-corrected chi connectivity index (χ2v) is 6.68. The summed E-state index contributed by atoms with van der Waals surface area (Å²) in [6.07, 6.45) is 1.77. The number of benzene rings is 1. The van der Waals surface area contributed by atoms with Crippen molar-refractivity contribution in [3.8, 4) is 0 Å². The van der Waals surface area contributed by atoms with Gasteiger partial charge in [-0.1, -0.05) is 22.0 Å². The normalized spacial score (nSPS) is 11.3. The van der Waals surface area contributed by atoms with Gasteiger partial charge in [0.25, 0.3) is 0 Å². The number of rotatable bonds is 5. The first kappa shape index (κ1) is 15.2. The zero-order valence-electron chi connectivity index (χ0n) is 11.3. The summed E-state index contributed by atoms with van der Waals surface area (Å²) in [7, 11) is 0. The van der Waals surface area contributed by atoms with Crippen LogP contribution in [0.5, 0.6) is 0 Å². The van der Waals surface area contributed by atoms with E-state index >= 15 is 0 Å². The van der Waals surface area contributed by atoms with Crippen molar-refractivity contribution in [2.45, 2.75) is 19.4 Å². The Morgan fingerprint density at radius 3 is 2.90 bits per heavy atom. The van der Waals surface area contributed by atoms with Gasteiger partial charge in [0.2, 0.25) is 5.91 Å². The number of aromatic nitrogens is 1. The fourth-order valence-electron chi connectivity index (χ4n) is 1.68. The Hall–Kier alpha value is -1.24. The van der Waals surface area contributed by atoms with Gasteiger partial charge >= 0.3 is 0 Å². The molecule has 2 N–H and O–H groups in total. The van der Waals surface area contributed by atoms with Gasteiger partial charge in [-0.15, -0.1) is 11.3 Å². The quantitative estimate of drug-likeness (QED) is 0.866. The maximum atomic E-state index is 11.9. The van der Waals surface area contributed by atoms with Crippen molar-refractivity contribution in [3.05, 3.63) is 45.3 Å².